The molecule has 0 aliphatic rings. The molecule has 0 aliphatic heterocycles. The minimum absolute atomic E-state index is 0.113. The van der Waals surface area contributed by atoms with Crippen LogP contribution in [-0.4, -0.2) is 37.7 Å². The largest absolute Gasteiger partial charge is 0.513 e. The summed E-state index contributed by atoms with van der Waals surface area (Å²) < 4.78 is 47.1. The summed E-state index contributed by atoms with van der Waals surface area (Å²) in [6, 6.07) is 9.78. The van der Waals surface area contributed by atoms with Crippen molar-refractivity contribution in [1.29, 1.82) is 0 Å². The Hall–Kier alpha value is -3.56. The van der Waals surface area contributed by atoms with E-state index < -0.39 is 23.8 Å². The van der Waals surface area contributed by atoms with Crippen molar-refractivity contribution >= 4 is 18.0 Å². The first-order chi connectivity index (χ1) is 14.7. The molecule has 2 amide bonds. The predicted molar refractivity (Wildman–Crippen MR) is 105 cm³/mol. The van der Waals surface area contributed by atoms with E-state index in [2.05, 4.69) is 15.4 Å². The van der Waals surface area contributed by atoms with Gasteiger partial charge in [-0.2, -0.15) is 13.2 Å². The Morgan fingerprint density at radius 1 is 0.839 bits per heavy atom. The van der Waals surface area contributed by atoms with Crippen LogP contribution in [0.15, 0.2) is 48.5 Å². The van der Waals surface area contributed by atoms with Crippen molar-refractivity contribution in [1.82, 2.24) is 10.6 Å². The van der Waals surface area contributed by atoms with E-state index in [1.807, 2.05) is 0 Å². The molecule has 0 radical (unpaired) electrons. The van der Waals surface area contributed by atoms with Crippen molar-refractivity contribution in [2.75, 3.05) is 19.7 Å². The van der Waals surface area contributed by atoms with Gasteiger partial charge in [-0.25, -0.2) is 4.79 Å². The molecule has 0 aromatic heterocycles. The van der Waals surface area contributed by atoms with E-state index in [9.17, 15) is 27.6 Å². The lowest BCUT2D eigenvalue weighted by molar-refractivity contribution is -0.137. The van der Waals surface area contributed by atoms with Gasteiger partial charge >= 0.3 is 12.3 Å². The van der Waals surface area contributed by atoms with E-state index in [1.165, 1.54) is 24.3 Å². The number of benzene rings is 2. The van der Waals surface area contributed by atoms with Crippen LogP contribution in [0.1, 0.15) is 39.6 Å². The maximum Gasteiger partial charge on any atom is 0.513 e. The zero-order valence-corrected chi connectivity index (χ0v) is 16.6. The highest BCUT2D eigenvalue weighted by atomic mass is 19.4. The van der Waals surface area contributed by atoms with Crippen molar-refractivity contribution in [3.05, 3.63) is 65.2 Å². The number of carbonyl (C=O) groups is 3. The molecule has 0 aliphatic carbocycles. The van der Waals surface area contributed by atoms with Gasteiger partial charge in [0.1, 0.15) is 5.75 Å². The second kappa shape index (κ2) is 11.0. The summed E-state index contributed by atoms with van der Waals surface area (Å²) in [6.07, 6.45) is -4.87. The third kappa shape index (κ3) is 7.65. The van der Waals surface area contributed by atoms with Gasteiger partial charge in [-0.15, -0.1) is 0 Å². The predicted octanol–water partition coefficient (Wildman–Crippen LogP) is 3.79. The van der Waals surface area contributed by atoms with Gasteiger partial charge in [0.25, 0.3) is 11.8 Å². The van der Waals surface area contributed by atoms with Crippen molar-refractivity contribution in [3.8, 4) is 5.75 Å². The van der Waals surface area contributed by atoms with Gasteiger partial charge in [0.15, 0.2) is 0 Å². The average molecular weight is 438 g/mol. The highest BCUT2D eigenvalue weighted by molar-refractivity contribution is 5.94. The van der Waals surface area contributed by atoms with Gasteiger partial charge < -0.3 is 20.1 Å². The van der Waals surface area contributed by atoms with Crippen LogP contribution in [0.3, 0.4) is 0 Å². The summed E-state index contributed by atoms with van der Waals surface area (Å²) in [5.74, 6) is -0.616. The lowest BCUT2D eigenvalue weighted by Crippen LogP contribution is -2.29. The Bertz CT molecular complexity index is 897. The van der Waals surface area contributed by atoms with Crippen molar-refractivity contribution in [2.45, 2.75) is 19.5 Å². The maximum atomic E-state index is 12.5. The summed E-state index contributed by atoms with van der Waals surface area (Å²) >= 11 is 0. The monoisotopic (exact) mass is 438 g/mol. The zero-order valence-electron chi connectivity index (χ0n) is 16.6. The molecule has 2 N–H and O–H groups in total. The van der Waals surface area contributed by atoms with E-state index in [0.29, 0.717) is 12.0 Å². The minimum atomic E-state index is -4.46. The van der Waals surface area contributed by atoms with Crippen LogP contribution >= 0.6 is 0 Å². The van der Waals surface area contributed by atoms with Crippen LogP contribution in [0.5, 0.6) is 5.75 Å². The van der Waals surface area contributed by atoms with Gasteiger partial charge in [0.2, 0.25) is 0 Å². The van der Waals surface area contributed by atoms with E-state index in [4.69, 9.17) is 4.74 Å². The highest BCUT2D eigenvalue weighted by Gasteiger charge is 2.30. The molecule has 0 bridgehead atoms. The molecule has 0 fully saturated rings. The lowest BCUT2D eigenvalue weighted by atomic mass is 10.1. The molecule has 0 saturated carbocycles. The second-order valence-corrected chi connectivity index (χ2v) is 6.25. The number of hydrogen-bond acceptors (Lipinski definition) is 5. The number of rotatable bonds is 8. The number of ether oxygens (including phenoxy) is 2. The van der Waals surface area contributed by atoms with E-state index in [1.54, 1.807) is 6.92 Å². The standard InChI is InChI=1S/C21H21F3N2O5/c1-2-30-20(29)31-17-10-6-15(7-11-17)19(28)26-13-3-12-25-18(27)14-4-8-16(9-5-14)21(22,23)24/h4-11H,2-3,12-13H2,1H3,(H,25,27)(H,26,28). The fourth-order valence-electron chi connectivity index (χ4n) is 2.42. The third-order valence-electron chi connectivity index (χ3n) is 3.98. The third-order valence-corrected chi connectivity index (χ3v) is 3.98. The number of amides is 2. The van der Waals surface area contributed by atoms with E-state index in [0.717, 1.165) is 24.3 Å². The second-order valence-electron chi connectivity index (χ2n) is 6.25. The van der Waals surface area contributed by atoms with Gasteiger partial charge in [-0.1, -0.05) is 0 Å². The number of hydrogen-bond donors (Lipinski definition) is 2. The first-order valence-electron chi connectivity index (χ1n) is 9.39. The van der Waals surface area contributed by atoms with Gasteiger partial charge in [0, 0.05) is 24.2 Å². The topological polar surface area (TPSA) is 93.7 Å². The Morgan fingerprint density at radius 2 is 1.32 bits per heavy atom. The van der Waals surface area contributed by atoms with Gasteiger partial charge in [-0.3, -0.25) is 9.59 Å². The van der Waals surface area contributed by atoms with Gasteiger partial charge in [0.05, 0.1) is 12.2 Å². The van der Waals surface area contributed by atoms with Gasteiger partial charge in [-0.05, 0) is 61.9 Å². The number of carbonyl (C=O) groups excluding carboxylic acids is 3. The summed E-state index contributed by atoms with van der Waals surface area (Å²) in [4.78, 5) is 35.3. The molecule has 7 nitrogen and oxygen atoms in total. The fraction of sp³-hybridized carbons (Fsp3) is 0.286. The van der Waals surface area contributed by atoms with E-state index >= 15 is 0 Å². The molecule has 0 spiro atoms. The smallest absolute Gasteiger partial charge is 0.434 e. The molecule has 2 aromatic rings. The van der Waals surface area contributed by atoms with Crippen molar-refractivity contribution < 1.29 is 37.0 Å². The average Bonchev–Trinajstić information content (AvgIpc) is 2.73. The van der Waals surface area contributed by atoms with Crippen molar-refractivity contribution in [2.24, 2.45) is 0 Å². The molecule has 2 rings (SSSR count). The zero-order chi connectivity index (χ0) is 22.9. The summed E-state index contributed by atoms with van der Waals surface area (Å²) in [7, 11) is 0. The summed E-state index contributed by atoms with van der Waals surface area (Å²) in [6.45, 7) is 2.33. The highest BCUT2D eigenvalue weighted by Crippen LogP contribution is 2.29. The summed E-state index contributed by atoms with van der Waals surface area (Å²) in [5.41, 5.74) is -0.362. The number of halogens is 3. The molecule has 2 aromatic carbocycles. The molecular formula is C21H21F3N2O5. The Kier molecular flexibility index (Phi) is 8.42. The summed E-state index contributed by atoms with van der Waals surface area (Å²) in [5, 5.41) is 5.24. The van der Waals surface area contributed by atoms with Crippen molar-refractivity contribution in [3.63, 3.8) is 0 Å². The molecular weight excluding hydrogens is 417 g/mol. The van der Waals surface area contributed by atoms with Crippen LogP contribution in [0, 0.1) is 0 Å². The Morgan fingerprint density at radius 3 is 1.77 bits per heavy atom. The SMILES string of the molecule is CCOC(=O)Oc1ccc(C(=O)NCCCNC(=O)c2ccc(C(F)(F)F)cc2)cc1. The quantitative estimate of drug-likeness (QED) is 0.372. The fourth-order valence-corrected chi connectivity index (χ4v) is 2.42. The van der Waals surface area contributed by atoms with Crippen LogP contribution in [-0.2, 0) is 10.9 Å². The van der Waals surface area contributed by atoms with Crippen LogP contribution in [0.2, 0.25) is 0 Å². The molecule has 0 saturated heterocycles. The molecule has 31 heavy (non-hydrogen) atoms. The Balaban J connectivity index is 1.70. The molecule has 0 atom stereocenters. The first-order valence-corrected chi connectivity index (χ1v) is 9.39. The lowest BCUT2D eigenvalue weighted by Gasteiger charge is -2.09. The van der Waals surface area contributed by atoms with Crippen LogP contribution in [0.25, 0.3) is 0 Å². The molecule has 0 heterocycles. The maximum absolute atomic E-state index is 12.5. The molecule has 166 valence electrons. The molecule has 10 heteroatoms. The van der Waals surface area contributed by atoms with Crippen LogP contribution in [0.4, 0.5) is 18.0 Å². The Labute approximate surface area is 176 Å². The normalized spacial score (nSPS) is 10.8. The van der Waals surface area contributed by atoms with Crippen LogP contribution < -0.4 is 15.4 Å². The minimum Gasteiger partial charge on any atom is -0.434 e. The number of nitrogens with one attached hydrogen (secondary N) is 2. The first kappa shape index (κ1) is 23.7. The van der Waals surface area contributed by atoms with E-state index in [-0.39, 0.29) is 36.9 Å². The molecule has 0 unspecified atom stereocenters. The number of alkyl halides is 3.